The van der Waals surface area contributed by atoms with E-state index in [4.69, 9.17) is 9.47 Å². The molecule has 0 aliphatic heterocycles. The lowest BCUT2D eigenvalue weighted by molar-refractivity contribution is 0.0519. The molecule has 4 heteroatoms. The summed E-state index contributed by atoms with van der Waals surface area (Å²) in [5.74, 6) is 1.03. The molecule has 16 heavy (non-hydrogen) atoms. The zero-order valence-corrected chi connectivity index (χ0v) is 9.31. The summed E-state index contributed by atoms with van der Waals surface area (Å²) in [5.41, 5.74) is 0.320. The molecule has 0 saturated heterocycles. The van der Waals surface area contributed by atoms with E-state index in [-0.39, 0.29) is 0 Å². The number of ether oxygens (including phenoxy) is 2. The fraction of sp³-hybridized carbons (Fsp3) is 0.500. The van der Waals surface area contributed by atoms with Crippen LogP contribution in [0.3, 0.4) is 0 Å². The molecule has 0 amide bonds. The fourth-order valence-corrected chi connectivity index (χ4v) is 1.29. The number of aromatic nitrogens is 1. The van der Waals surface area contributed by atoms with Gasteiger partial charge in [0.05, 0.1) is 19.4 Å². The molecule has 1 aromatic heterocycles. The van der Waals surface area contributed by atoms with Gasteiger partial charge in [0.2, 0.25) is 0 Å². The van der Waals surface area contributed by atoms with Gasteiger partial charge in [-0.3, -0.25) is 0 Å². The number of nitrogens with zero attached hydrogens (tertiary/aromatic N) is 1. The molecule has 0 bridgehead atoms. The van der Waals surface area contributed by atoms with Crippen LogP contribution in [0.5, 0.6) is 5.75 Å². The van der Waals surface area contributed by atoms with E-state index >= 15 is 0 Å². The van der Waals surface area contributed by atoms with Crippen molar-refractivity contribution in [3.8, 4) is 5.75 Å². The molecule has 0 aromatic carbocycles. The quantitative estimate of drug-likeness (QED) is 0.714. The van der Waals surface area contributed by atoms with E-state index in [1.807, 2.05) is 0 Å². The van der Waals surface area contributed by atoms with Gasteiger partial charge in [-0.1, -0.05) is 0 Å². The maximum atomic E-state index is 11.3. The first-order valence-corrected chi connectivity index (χ1v) is 5.55. The van der Waals surface area contributed by atoms with Crippen molar-refractivity contribution in [2.75, 3.05) is 13.2 Å². The molecule has 1 heterocycles. The first-order chi connectivity index (χ1) is 7.79. The lowest BCUT2D eigenvalue weighted by Crippen LogP contribution is -2.07. The largest absolute Gasteiger partial charge is 0.492 e. The number of hydrogen-bond donors (Lipinski definition) is 0. The predicted molar refractivity (Wildman–Crippen MR) is 58.4 cm³/mol. The Kier molecular flexibility index (Phi) is 3.39. The SMILES string of the molecule is CCOC(=O)c1ccc(OCC2CC2)cn1. The molecule has 1 saturated carbocycles. The minimum absolute atomic E-state index is 0.320. The highest BCUT2D eigenvalue weighted by Gasteiger charge is 2.21. The van der Waals surface area contributed by atoms with E-state index in [9.17, 15) is 4.79 Å². The number of hydrogen-bond acceptors (Lipinski definition) is 4. The molecular formula is C12H15NO3. The molecule has 1 aliphatic carbocycles. The van der Waals surface area contributed by atoms with Crippen LogP contribution in [0.25, 0.3) is 0 Å². The van der Waals surface area contributed by atoms with Crippen LogP contribution in [-0.2, 0) is 4.74 Å². The van der Waals surface area contributed by atoms with Crippen molar-refractivity contribution in [1.82, 2.24) is 4.98 Å². The van der Waals surface area contributed by atoms with Crippen LogP contribution < -0.4 is 4.74 Å². The van der Waals surface area contributed by atoms with E-state index in [1.165, 1.54) is 12.8 Å². The third kappa shape index (κ3) is 2.95. The Morgan fingerprint density at radius 2 is 2.31 bits per heavy atom. The Hall–Kier alpha value is -1.58. The van der Waals surface area contributed by atoms with Crippen LogP contribution in [0.15, 0.2) is 18.3 Å². The smallest absolute Gasteiger partial charge is 0.356 e. The Morgan fingerprint density at radius 1 is 1.50 bits per heavy atom. The highest BCUT2D eigenvalue weighted by Crippen LogP contribution is 2.29. The zero-order chi connectivity index (χ0) is 11.4. The second kappa shape index (κ2) is 4.96. The van der Waals surface area contributed by atoms with Crippen LogP contribution in [0, 0.1) is 5.92 Å². The van der Waals surface area contributed by atoms with Crippen molar-refractivity contribution in [2.45, 2.75) is 19.8 Å². The normalized spacial score (nSPS) is 14.6. The number of pyridine rings is 1. The summed E-state index contributed by atoms with van der Waals surface area (Å²) < 4.78 is 10.3. The maximum Gasteiger partial charge on any atom is 0.356 e. The first-order valence-electron chi connectivity index (χ1n) is 5.55. The minimum atomic E-state index is -0.392. The van der Waals surface area contributed by atoms with Gasteiger partial charge in [-0.25, -0.2) is 9.78 Å². The number of carbonyl (C=O) groups excluding carboxylic acids is 1. The second-order valence-electron chi connectivity index (χ2n) is 3.85. The standard InChI is InChI=1S/C12H15NO3/c1-2-15-12(14)11-6-5-10(7-13-11)16-8-9-3-4-9/h5-7,9H,2-4,8H2,1H3. The van der Waals surface area contributed by atoms with Gasteiger partial charge in [-0.05, 0) is 37.8 Å². The molecule has 0 unspecified atom stereocenters. The number of rotatable bonds is 5. The number of carbonyl (C=O) groups is 1. The molecule has 0 radical (unpaired) electrons. The molecule has 0 spiro atoms. The zero-order valence-electron chi connectivity index (χ0n) is 9.31. The highest BCUT2D eigenvalue weighted by atomic mass is 16.5. The Balaban J connectivity index is 1.89. The van der Waals surface area contributed by atoms with E-state index in [1.54, 1.807) is 25.3 Å². The van der Waals surface area contributed by atoms with Gasteiger partial charge in [0.15, 0.2) is 0 Å². The average molecular weight is 221 g/mol. The summed E-state index contributed by atoms with van der Waals surface area (Å²) in [6, 6.07) is 3.38. The molecule has 86 valence electrons. The van der Waals surface area contributed by atoms with Gasteiger partial charge in [0, 0.05) is 0 Å². The Morgan fingerprint density at radius 3 is 2.88 bits per heavy atom. The van der Waals surface area contributed by atoms with E-state index in [0.717, 1.165) is 6.61 Å². The van der Waals surface area contributed by atoms with Gasteiger partial charge < -0.3 is 9.47 Å². The van der Waals surface area contributed by atoms with Crippen molar-refractivity contribution in [1.29, 1.82) is 0 Å². The van der Waals surface area contributed by atoms with Crippen LogP contribution in [0.1, 0.15) is 30.3 Å². The van der Waals surface area contributed by atoms with E-state index in [0.29, 0.717) is 24.0 Å². The van der Waals surface area contributed by atoms with Crippen LogP contribution in [-0.4, -0.2) is 24.2 Å². The highest BCUT2D eigenvalue weighted by molar-refractivity contribution is 5.87. The van der Waals surface area contributed by atoms with E-state index in [2.05, 4.69) is 4.98 Å². The molecule has 0 N–H and O–H groups in total. The molecular weight excluding hydrogens is 206 g/mol. The summed E-state index contributed by atoms with van der Waals surface area (Å²) in [5, 5.41) is 0. The fourth-order valence-electron chi connectivity index (χ4n) is 1.29. The predicted octanol–water partition coefficient (Wildman–Crippen LogP) is 2.05. The van der Waals surface area contributed by atoms with Gasteiger partial charge in [0.25, 0.3) is 0 Å². The first kappa shape index (κ1) is 10.9. The van der Waals surface area contributed by atoms with Gasteiger partial charge in [0.1, 0.15) is 11.4 Å². The minimum Gasteiger partial charge on any atom is -0.492 e. The summed E-state index contributed by atoms with van der Waals surface area (Å²) in [6.45, 7) is 2.88. The summed E-state index contributed by atoms with van der Waals surface area (Å²) >= 11 is 0. The summed E-state index contributed by atoms with van der Waals surface area (Å²) in [7, 11) is 0. The monoisotopic (exact) mass is 221 g/mol. The lowest BCUT2D eigenvalue weighted by atomic mass is 10.3. The third-order valence-electron chi connectivity index (χ3n) is 2.40. The Labute approximate surface area is 94.6 Å². The molecule has 1 aromatic rings. The second-order valence-corrected chi connectivity index (χ2v) is 3.85. The summed E-state index contributed by atoms with van der Waals surface area (Å²) in [6.07, 6.45) is 4.08. The average Bonchev–Trinajstić information content (AvgIpc) is 3.11. The molecule has 1 aliphatic rings. The van der Waals surface area contributed by atoms with Gasteiger partial charge in [-0.2, -0.15) is 0 Å². The third-order valence-corrected chi connectivity index (χ3v) is 2.40. The molecule has 2 rings (SSSR count). The Bertz CT molecular complexity index is 357. The molecule has 1 fully saturated rings. The van der Waals surface area contributed by atoms with Crippen LogP contribution in [0.4, 0.5) is 0 Å². The van der Waals surface area contributed by atoms with Gasteiger partial charge in [-0.15, -0.1) is 0 Å². The molecule has 4 nitrogen and oxygen atoms in total. The van der Waals surface area contributed by atoms with Crippen molar-refractivity contribution in [3.63, 3.8) is 0 Å². The van der Waals surface area contributed by atoms with Crippen LogP contribution in [0.2, 0.25) is 0 Å². The summed E-state index contributed by atoms with van der Waals surface area (Å²) in [4.78, 5) is 15.3. The van der Waals surface area contributed by atoms with Crippen molar-refractivity contribution >= 4 is 5.97 Å². The van der Waals surface area contributed by atoms with Crippen LogP contribution >= 0.6 is 0 Å². The van der Waals surface area contributed by atoms with E-state index < -0.39 is 5.97 Å². The maximum absolute atomic E-state index is 11.3. The molecule has 0 atom stereocenters. The number of esters is 1. The lowest BCUT2D eigenvalue weighted by Gasteiger charge is -2.05. The van der Waals surface area contributed by atoms with Crippen molar-refractivity contribution in [3.05, 3.63) is 24.0 Å². The topological polar surface area (TPSA) is 48.4 Å². The van der Waals surface area contributed by atoms with Gasteiger partial charge >= 0.3 is 5.97 Å². The van der Waals surface area contributed by atoms with Crippen molar-refractivity contribution in [2.24, 2.45) is 5.92 Å². The van der Waals surface area contributed by atoms with Crippen molar-refractivity contribution < 1.29 is 14.3 Å².